The molecule has 0 bridgehead atoms. The zero-order chi connectivity index (χ0) is 27.4. The molecule has 0 saturated heterocycles. The van der Waals surface area contributed by atoms with Crippen molar-refractivity contribution in [3.05, 3.63) is 31.5 Å². The molecule has 1 aromatic rings. The van der Waals surface area contributed by atoms with Crippen LogP contribution in [0.4, 0.5) is 0 Å². The van der Waals surface area contributed by atoms with Crippen LogP contribution in [0, 0.1) is 0 Å². The molecule has 1 rings (SSSR count). The van der Waals surface area contributed by atoms with Crippen molar-refractivity contribution in [1.29, 1.82) is 0 Å². The first-order chi connectivity index (χ1) is 16.8. The van der Waals surface area contributed by atoms with Gasteiger partial charge in [0, 0.05) is 10.5 Å². The van der Waals surface area contributed by atoms with E-state index in [1.807, 2.05) is 0 Å². The summed E-state index contributed by atoms with van der Waals surface area (Å²) in [6.07, 6.45) is -0.0387. The average Bonchev–Trinajstić information content (AvgIpc) is 2.73. The van der Waals surface area contributed by atoms with Gasteiger partial charge >= 0.3 is 35.0 Å². The predicted molar refractivity (Wildman–Crippen MR) is 145 cm³/mol. The Balaban J connectivity index is 3.13. The highest BCUT2D eigenvalue weighted by molar-refractivity contribution is 7.99. The molecule has 2 unspecified atom stereocenters. The number of ether oxygens (including phenoxy) is 3. The maximum absolute atomic E-state index is 12.9. The molecule has 0 fully saturated rings. The topological polar surface area (TPSA) is 145 Å². The fourth-order valence-corrected chi connectivity index (χ4v) is 3.41. The van der Waals surface area contributed by atoms with Crippen LogP contribution < -0.4 is 17.1 Å². The Labute approximate surface area is 229 Å². The van der Waals surface area contributed by atoms with E-state index in [1.54, 1.807) is 13.8 Å². The Kier molecular flexibility index (Phi) is 14.5. The van der Waals surface area contributed by atoms with Gasteiger partial charge in [0.25, 0.3) is 0 Å². The maximum Gasteiger partial charge on any atom is 0.336 e. The highest BCUT2D eigenvalue weighted by Gasteiger charge is 2.18. The number of rotatable bonds is 15. The van der Waals surface area contributed by atoms with Crippen LogP contribution in [0.1, 0.15) is 33.1 Å². The lowest BCUT2D eigenvalue weighted by Gasteiger charge is -2.15. The number of nitrogens with zero attached hydrogens (tertiary/aromatic N) is 3. The lowest BCUT2D eigenvalue weighted by molar-refractivity contribution is -0.144. The Hall–Kier alpha value is -1.78. The fourth-order valence-electron chi connectivity index (χ4n) is 2.82. The van der Waals surface area contributed by atoms with Gasteiger partial charge in [0.2, 0.25) is 0 Å². The molecule has 0 saturated carbocycles. The molecule has 12 nitrogen and oxygen atoms in total. The number of carbonyl (C=O) groups is 3. The summed E-state index contributed by atoms with van der Waals surface area (Å²) in [6, 6.07) is 0. The Morgan fingerprint density at radius 1 is 0.611 bits per heavy atom. The van der Waals surface area contributed by atoms with Crippen LogP contribution in [0.25, 0.3) is 0 Å². The van der Waals surface area contributed by atoms with Gasteiger partial charge in [-0.15, -0.1) is 0 Å². The van der Waals surface area contributed by atoms with Crippen molar-refractivity contribution in [2.45, 2.75) is 67.8 Å². The van der Waals surface area contributed by atoms with Gasteiger partial charge in [-0.1, -0.05) is 13.8 Å². The number of thiol groups is 4. The molecule has 0 aliphatic rings. The third-order valence-corrected chi connectivity index (χ3v) is 5.12. The van der Waals surface area contributed by atoms with E-state index in [-0.39, 0.29) is 69.2 Å². The minimum absolute atomic E-state index is 0.0306. The molecule has 0 amide bonds. The van der Waals surface area contributed by atoms with Gasteiger partial charge in [0.15, 0.2) is 0 Å². The molecule has 0 aromatic carbocycles. The standard InChI is InChI=1S/C20H31N3O9S4/c1-12(33)9-14(24)30-6-3-21-18(27)22(4-7-31-15(25)10-13(2)34)20(29)23(19(21)28)5-8-32-16(26)11-17(35)36/h12-13,17,33-36H,3-11H2,1-2H3. The molecule has 0 aliphatic heterocycles. The van der Waals surface area contributed by atoms with Crippen molar-refractivity contribution in [2.24, 2.45) is 0 Å². The van der Waals surface area contributed by atoms with Crippen molar-refractivity contribution in [3.8, 4) is 0 Å². The van der Waals surface area contributed by atoms with Crippen LogP contribution in [0.15, 0.2) is 14.4 Å². The second-order valence-corrected chi connectivity index (χ2v) is 11.2. The molecule has 1 heterocycles. The second-order valence-electron chi connectivity index (χ2n) is 7.76. The number of esters is 3. The molecule has 0 aliphatic carbocycles. The van der Waals surface area contributed by atoms with Crippen molar-refractivity contribution in [3.63, 3.8) is 0 Å². The number of aromatic nitrogens is 3. The molecular weight excluding hydrogens is 555 g/mol. The van der Waals surface area contributed by atoms with Crippen LogP contribution in [-0.2, 0) is 48.2 Å². The number of carbonyl (C=O) groups excluding carboxylic acids is 3. The molecule has 204 valence electrons. The molecule has 0 radical (unpaired) electrons. The summed E-state index contributed by atoms with van der Waals surface area (Å²) < 4.78 is 16.7. The van der Waals surface area contributed by atoms with E-state index in [1.165, 1.54) is 0 Å². The molecule has 0 spiro atoms. The smallest absolute Gasteiger partial charge is 0.336 e. The largest absolute Gasteiger partial charge is 0.464 e. The van der Waals surface area contributed by atoms with E-state index in [2.05, 4.69) is 50.5 Å². The van der Waals surface area contributed by atoms with E-state index >= 15 is 0 Å². The first-order valence-electron chi connectivity index (χ1n) is 11.0. The third kappa shape index (κ3) is 11.5. The van der Waals surface area contributed by atoms with Crippen molar-refractivity contribution < 1.29 is 28.6 Å². The summed E-state index contributed by atoms with van der Waals surface area (Å²) >= 11 is 16.1. The zero-order valence-electron chi connectivity index (χ0n) is 19.9. The monoisotopic (exact) mass is 585 g/mol. The first kappa shape index (κ1) is 32.2. The van der Waals surface area contributed by atoms with Gasteiger partial charge in [0.05, 0.1) is 43.5 Å². The molecule has 1 aromatic heterocycles. The quantitative estimate of drug-likeness (QED) is 0.0951. The summed E-state index contributed by atoms with van der Waals surface area (Å²) in [4.78, 5) is 73.8. The SMILES string of the molecule is CC(S)CC(=O)OCCn1c(=O)n(CCOC(=O)CC(C)S)c(=O)n(CCOC(=O)CC(S)S)c1=O. The van der Waals surface area contributed by atoms with E-state index in [4.69, 9.17) is 14.2 Å². The number of hydrogen-bond acceptors (Lipinski definition) is 13. The van der Waals surface area contributed by atoms with E-state index in [0.29, 0.717) is 4.57 Å². The zero-order valence-corrected chi connectivity index (χ0v) is 23.5. The van der Waals surface area contributed by atoms with E-state index in [0.717, 1.165) is 9.13 Å². The Morgan fingerprint density at radius 2 is 0.889 bits per heavy atom. The highest BCUT2D eigenvalue weighted by Crippen LogP contribution is 2.06. The minimum atomic E-state index is -0.974. The fraction of sp³-hybridized carbons (Fsp3) is 0.700. The second kappa shape index (κ2) is 16.1. The minimum Gasteiger partial charge on any atom is -0.464 e. The molecule has 36 heavy (non-hydrogen) atoms. The molecule has 16 heteroatoms. The summed E-state index contributed by atoms with van der Waals surface area (Å²) in [5.41, 5.74) is -2.92. The summed E-state index contributed by atoms with van der Waals surface area (Å²) in [6.45, 7) is 1.46. The molecule has 0 N–H and O–H groups in total. The normalized spacial score (nSPS) is 12.8. The molecule has 2 atom stereocenters. The van der Waals surface area contributed by atoms with Crippen LogP contribution in [0.2, 0.25) is 0 Å². The van der Waals surface area contributed by atoms with Crippen LogP contribution in [0.5, 0.6) is 0 Å². The maximum atomic E-state index is 12.9. The summed E-state index contributed by atoms with van der Waals surface area (Å²) in [5, 5.41) is -0.480. The van der Waals surface area contributed by atoms with Gasteiger partial charge in [-0.25, -0.2) is 28.1 Å². The van der Waals surface area contributed by atoms with Crippen molar-refractivity contribution in [2.75, 3.05) is 19.8 Å². The predicted octanol–water partition coefficient (Wildman–Crippen LogP) is -0.206. The van der Waals surface area contributed by atoms with Crippen molar-refractivity contribution in [1.82, 2.24) is 13.7 Å². The van der Waals surface area contributed by atoms with Gasteiger partial charge in [-0.3, -0.25) is 14.4 Å². The lowest BCUT2D eigenvalue weighted by Crippen LogP contribution is -2.55. The first-order valence-corrected chi connectivity index (χ1v) is 13.0. The Bertz CT molecular complexity index is 916. The Morgan fingerprint density at radius 3 is 1.14 bits per heavy atom. The van der Waals surface area contributed by atoms with Crippen LogP contribution in [0.3, 0.4) is 0 Å². The molecular formula is C20H31N3O9S4. The average molecular weight is 586 g/mol. The summed E-state index contributed by atoms with van der Waals surface area (Å²) in [7, 11) is 0. The van der Waals surface area contributed by atoms with Gasteiger partial charge in [0.1, 0.15) is 19.8 Å². The van der Waals surface area contributed by atoms with Crippen molar-refractivity contribution >= 4 is 68.4 Å². The number of hydrogen-bond donors (Lipinski definition) is 4. The van der Waals surface area contributed by atoms with Gasteiger partial charge < -0.3 is 14.2 Å². The highest BCUT2D eigenvalue weighted by atomic mass is 32.2. The van der Waals surface area contributed by atoms with Gasteiger partial charge in [-0.2, -0.15) is 50.5 Å². The van der Waals surface area contributed by atoms with E-state index < -0.39 is 39.6 Å². The lowest BCUT2D eigenvalue weighted by atomic mass is 10.3. The third-order valence-electron chi connectivity index (χ3n) is 4.39. The van der Waals surface area contributed by atoms with Gasteiger partial charge in [-0.05, 0) is 0 Å². The summed E-state index contributed by atoms with van der Waals surface area (Å²) in [5.74, 6) is -1.77. The van der Waals surface area contributed by atoms with E-state index in [9.17, 15) is 28.8 Å². The van der Waals surface area contributed by atoms with Crippen LogP contribution >= 0.6 is 50.5 Å². The van der Waals surface area contributed by atoms with Crippen LogP contribution in [-0.4, -0.2) is 66.5 Å².